The fraction of sp³-hybridized carbons (Fsp3) is 0.583. The molecular formula is C12H18N6. The Morgan fingerprint density at radius 2 is 2.33 bits per heavy atom. The van der Waals surface area contributed by atoms with E-state index in [1.807, 2.05) is 7.05 Å². The minimum Gasteiger partial charge on any atom is -0.354 e. The first-order valence-electron chi connectivity index (χ1n) is 6.25. The molecule has 2 aromatic rings. The number of rotatable bonds is 3. The second-order valence-corrected chi connectivity index (χ2v) is 5.31. The highest BCUT2D eigenvalue weighted by atomic mass is 15.2. The molecule has 1 unspecified atom stereocenters. The molecule has 1 aliphatic heterocycles. The third-order valence-electron chi connectivity index (χ3n) is 3.66. The van der Waals surface area contributed by atoms with Crippen LogP contribution in [0.5, 0.6) is 0 Å². The van der Waals surface area contributed by atoms with E-state index >= 15 is 0 Å². The van der Waals surface area contributed by atoms with Crippen LogP contribution in [0.1, 0.15) is 13.3 Å². The molecule has 2 N–H and O–H groups in total. The summed E-state index contributed by atoms with van der Waals surface area (Å²) in [5, 5.41) is 3.27. The van der Waals surface area contributed by atoms with Crippen molar-refractivity contribution in [2.45, 2.75) is 13.3 Å². The summed E-state index contributed by atoms with van der Waals surface area (Å²) in [6, 6.07) is 0. The van der Waals surface area contributed by atoms with Crippen LogP contribution in [0.4, 0.5) is 5.82 Å². The Morgan fingerprint density at radius 1 is 1.44 bits per heavy atom. The predicted molar refractivity (Wildman–Crippen MR) is 70.5 cm³/mol. The zero-order valence-corrected chi connectivity index (χ0v) is 10.8. The molecule has 18 heavy (non-hydrogen) atoms. The normalized spacial score (nSPS) is 24.0. The van der Waals surface area contributed by atoms with Crippen LogP contribution in [-0.4, -0.2) is 46.6 Å². The number of aromatic amines is 1. The van der Waals surface area contributed by atoms with Crippen molar-refractivity contribution >= 4 is 17.0 Å². The van der Waals surface area contributed by atoms with Crippen molar-refractivity contribution in [2.75, 3.05) is 31.6 Å². The number of nitrogens with zero attached hydrogens (tertiary/aromatic N) is 4. The Labute approximate surface area is 106 Å². The van der Waals surface area contributed by atoms with Crippen molar-refractivity contribution in [2.24, 2.45) is 5.41 Å². The summed E-state index contributed by atoms with van der Waals surface area (Å²) in [6.07, 6.45) is 4.44. The van der Waals surface area contributed by atoms with Crippen molar-refractivity contribution in [3.63, 3.8) is 0 Å². The second-order valence-electron chi connectivity index (χ2n) is 5.31. The van der Waals surface area contributed by atoms with Gasteiger partial charge in [-0.05, 0) is 18.9 Å². The number of anilines is 1. The summed E-state index contributed by atoms with van der Waals surface area (Å²) in [7, 11) is 2.01. The lowest BCUT2D eigenvalue weighted by Gasteiger charge is -2.24. The van der Waals surface area contributed by atoms with Gasteiger partial charge in [-0.15, -0.1) is 0 Å². The van der Waals surface area contributed by atoms with Crippen LogP contribution in [0.15, 0.2) is 12.7 Å². The lowest BCUT2D eigenvalue weighted by Crippen LogP contribution is -2.33. The molecule has 1 fully saturated rings. The maximum Gasteiger partial charge on any atom is 0.182 e. The quantitative estimate of drug-likeness (QED) is 0.838. The van der Waals surface area contributed by atoms with Gasteiger partial charge in [0.2, 0.25) is 0 Å². The van der Waals surface area contributed by atoms with E-state index in [1.165, 1.54) is 6.42 Å². The van der Waals surface area contributed by atoms with Gasteiger partial charge in [-0.1, -0.05) is 6.92 Å². The van der Waals surface area contributed by atoms with E-state index in [9.17, 15) is 0 Å². The topological polar surface area (TPSA) is 69.7 Å². The van der Waals surface area contributed by atoms with Crippen LogP contribution < -0.4 is 10.2 Å². The van der Waals surface area contributed by atoms with Crippen molar-refractivity contribution in [1.82, 2.24) is 25.3 Å². The summed E-state index contributed by atoms with van der Waals surface area (Å²) in [4.78, 5) is 18.2. The molecule has 0 bridgehead atoms. The number of nitrogens with one attached hydrogen (secondary N) is 2. The van der Waals surface area contributed by atoms with E-state index in [-0.39, 0.29) is 0 Å². The standard InChI is InChI=1S/C12H18N6/c1-12(5-13-2)3-4-18(6-12)11-9-10(15-7-14-9)16-8-17-11/h7-8,13H,3-6H2,1-2H3,(H,14,15,16,17). The summed E-state index contributed by atoms with van der Waals surface area (Å²) >= 11 is 0. The van der Waals surface area contributed by atoms with E-state index in [1.54, 1.807) is 12.7 Å². The van der Waals surface area contributed by atoms with Gasteiger partial charge in [0.25, 0.3) is 0 Å². The van der Waals surface area contributed by atoms with Gasteiger partial charge in [-0.25, -0.2) is 15.0 Å². The Bertz CT molecular complexity index is 550. The van der Waals surface area contributed by atoms with Gasteiger partial charge in [-0.2, -0.15) is 0 Å². The molecule has 3 heterocycles. The first kappa shape index (κ1) is 11.4. The minimum atomic E-state index is 0.312. The van der Waals surface area contributed by atoms with Gasteiger partial charge < -0.3 is 15.2 Å². The highest BCUT2D eigenvalue weighted by Crippen LogP contribution is 2.33. The molecule has 2 aromatic heterocycles. The molecule has 0 amide bonds. The van der Waals surface area contributed by atoms with E-state index in [0.29, 0.717) is 5.41 Å². The summed E-state index contributed by atoms with van der Waals surface area (Å²) < 4.78 is 0. The fourth-order valence-electron chi connectivity index (χ4n) is 2.77. The Hall–Kier alpha value is -1.69. The second kappa shape index (κ2) is 4.20. The van der Waals surface area contributed by atoms with E-state index in [4.69, 9.17) is 0 Å². The molecule has 0 aromatic carbocycles. The number of imidazole rings is 1. The average Bonchev–Trinajstić information content (AvgIpc) is 2.95. The lowest BCUT2D eigenvalue weighted by atomic mass is 9.90. The van der Waals surface area contributed by atoms with Gasteiger partial charge >= 0.3 is 0 Å². The number of hydrogen-bond donors (Lipinski definition) is 2. The number of aromatic nitrogens is 4. The van der Waals surface area contributed by atoms with Crippen LogP contribution in [0.3, 0.4) is 0 Å². The predicted octanol–water partition coefficient (Wildman–Crippen LogP) is 0.789. The first-order chi connectivity index (χ1) is 8.72. The van der Waals surface area contributed by atoms with Crippen molar-refractivity contribution in [1.29, 1.82) is 0 Å². The number of hydrogen-bond acceptors (Lipinski definition) is 5. The van der Waals surface area contributed by atoms with E-state index < -0.39 is 0 Å². The summed E-state index contributed by atoms with van der Waals surface area (Å²) in [5.74, 6) is 0.970. The first-order valence-corrected chi connectivity index (χ1v) is 6.25. The van der Waals surface area contributed by atoms with Gasteiger partial charge in [0.15, 0.2) is 11.5 Å². The Balaban J connectivity index is 1.90. The van der Waals surface area contributed by atoms with Crippen LogP contribution >= 0.6 is 0 Å². The fourth-order valence-corrected chi connectivity index (χ4v) is 2.77. The third kappa shape index (κ3) is 1.82. The average molecular weight is 246 g/mol. The largest absolute Gasteiger partial charge is 0.354 e. The zero-order chi connectivity index (χ0) is 12.6. The molecule has 1 atom stereocenters. The molecule has 96 valence electrons. The molecule has 6 nitrogen and oxygen atoms in total. The Kier molecular flexibility index (Phi) is 2.66. The lowest BCUT2D eigenvalue weighted by molar-refractivity contribution is 0.356. The minimum absolute atomic E-state index is 0.312. The van der Waals surface area contributed by atoms with Crippen LogP contribution in [0.2, 0.25) is 0 Å². The summed E-state index contributed by atoms with van der Waals surface area (Å²) in [6.45, 7) is 5.39. The Morgan fingerprint density at radius 3 is 3.17 bits per heavy atom. The van der Waals surface area contributed by atoms with Crippen LogP contribution in [0.25, 0.3) is 11.2 Å². The highest BCUT2D eigenvalue weighted by molar-refractivity contribution is 5.82. The van der Waals surface area contributed by atoms with Crippen LogP contribution in [-0.2, 0) is 0 Å². The van der Waals surface area contributed by atoms with Crippen molar-refractivity contribution in [3.8, 4) is 0 Å². The molecule has 1 aliphatic rings. The third-order valence-corrected chi connectivity index (χ3v) is 3.66. The van der Waals surface area contributed by atoms with Gasteiger partial charge in [0.05, 0.1) is 6.33 Å². The van der Waals surface area contributed by atoms with Crippen molar-refractivity contribution in [3.05, 3.63) is 12.7 Å². The van der Waals surface area contributed by atoms with Gasteiger partial charge in [0.1, 0.15) is 11.8 Å². The van der Waals surface area contributed by atoms with E-state index in [0.717, 1.165) is 36.6 Å². The molecule has 0 radical (unpaired) electrons. The highest BCUT2D eigenvalue weighted by Gasteiger charge is 2.34. The van der Waals surface area contributed by atoms with Gasteiger partial charge in [-0.3, -0.25) is 0 Å². The van der Waals surface area contributed by atoms with Crippen molar-refractivity contribution < 1.29 is 0 Å². The maximum absolute atomic E-state index is 4.41. The molecular weight excluding hydrogens is 228 g/mol. The maximum atomic E-state index is 4.41. The number of H-pyrrole nitrogens is 1. The van der Waals surface area contributed by atoms with Crippen LogP contribution in [0, 0.1) is 5.41 Å². The molecule has 1 saturated heterocycles. The SMILES string of the molecule is CNCC1(C)CCN(c2ncnc3nc[nH]c23)C1. The molecule has 0 aliphatic carbocycles. The number of fused-ring (bicyclic) bond motifs is 1. The molecule has 0 saturated carbocycles. The summed E-state index contributed by atoms with van der Waals surface area (Å²) in [5.41, 5.74) is 1.99. The van der Waals surface area contributed by atoms with E-state index in [2.05, 4.69) is 37.1 Å². The van der Waals surface area contributed by atoms with Gasteiger partial charge in [0, 0.05) is 19.6 Å². The molecule has 3 rings (SSSR count). The molecule has 6 heteroatoms. The monoisotopic (exact) mass is 246 g/mol. The smallest absolute Gasteiger partial charge is 0.182 e. The molecule has 0 spiro atoms. The zero-order valence-electron chi connectivity index (χ0n) is 10.8.